The van der Waals surface area contributed by atoms with Crippen molar-refractivity contribution in [2.75, 3.05) is 0 Å². The molecule has 1 atom stereocenters. The lowest BCUT2D eigenvalue weighted by atomic mass is 10.1. The first-order valence-corrected chi connectivity index (χ1v) is 5.87. The molecule has 4 heteroatoms. The molecule has 0 fully saturated rings. The minimum absolute atomic E-state index is 0.327. The van der Waals surface area contributed by atoms with E-state index in [1.54, 1.807) is 17.5 Å². The van der Waals surface area contributed by atoms with Gasteiger partial charge in [0.25, 0.3) is 0 Å². The van der Waals surface area contributed by atoms with Crippen molar-refractivity contribution < 1.29 is 5.11 Å². The molecule has 1 unspecified atom stereocenters. The maximum atomic E-state index is 10.0. The predicted molar refractivity (Wildman–Crippen MR) is 61.0 cm³/mol. The molecule has 0 bridgehead atoms. The van der Waals surface area contributed by atoms with E-state index in [4.69, 9.17) is 0 Å². The molecule has 0 spiro atoms. The molecule has 80 valence electrons. The molecule has 1 N–H and O–H groups in total. The van der Waals surface area contributed by atoms with Crippen LogP contribution in [0.25, 0.3) is 0 Å². The molecule has 0 saturated heterocycles. The van der Waals surface area contributed by atoms with Crippen molar-refractivity contribution in [1.82, 2.24) is 9.78 Å². The van der Waals surface area contributed by atoms with Crippen LogP contribution in [-0.4, -0.2) is 14.9 Å². The van der Waals surface area contributed by atoms with Gasteiger partial charge in [0, 0.05) is 17.8 Å². The highest BCUT2D eigenvalue weighted by Crippen LogP contribution is 2.23. The summed E-state index contributed by atoms with van der Waals surface area (Å²) >= 11 is 1.59. The lowest BCUT2D eigenvalue weighted by Gasteiger charge is -2.06. The van der Waals surface area contributed by atoms with Crippen molar-refractivity contribution in [3.8, 4) is 0 Å². The highest BCUT2D eigenvalue weighted by molar-refractivity contribution is 7.07. The Labute approximate surface area is 93.0 Å². The van der Waals surface area contributed by atoms with Crippen LogP contribution in [0.2, 0.25) is 0 Å². The molecule has 2 aromatic heterocycles. The molecule has 0 amide bonds. The average molecular weight is 222 g/mol. The van der Waals surface area contributed by atoms with E-state index in [1.807, 2.05) is 27.7 Å². The van der Waals surface area contributed by atoms with Crippen LogP contribution in [0.5, 0.6) is 0 Å². The van der Waals surface area contributed by atoms with Crippen LogP contribution in [-0.2, 0) is 0 Å². The Hall–Kier alpha value is -1.13. The van der Waals surface area contributed by atoms with Crippen LogP contribution in [0.3, 0.4) is 0 Å². The molecule has 0 aliphatic rings. The number of nitrogens with zero attached hydrogens (tertiary/aromatic N) is 2. The van der Waals surface area contributed by atoms with Crippen LogP contribution >= 0.6 is 11.3 Å². The van der Waals surface area contributed by atoms with E-state index in [0.29, 0.717) is 6.04 Å². The van der Waals surface area contributed by atoms with Gasteiger partial charge in [-0.1, -0.05) is 0 Å². The number of aliphatic hydroxyl groups excluding tert-OH is 1. The number of aliphatic hydroxyl groups is 1. The molecule has 2 rings (SSSR count). The third kappa shape index (κ3) is 2.11. The summed E-state index contributed by atoms with van der Waals surface area (Å²) in [6, 6.07) is 2.26. The minimum Gasteiger partial charge on any atom is -0.384 e. The Balaban J connectivity index is 2.23. The topological polar surface area (TPSA) is 38.0 Å². The van der Waals surface area contributed by atoms with Gasteiger partial charge < -0.3 is 5.11 Å². The first-order chi connectivity index (χ1) is 7.18. The zero-order valence-corrected chi connectivity index (χ0v) is 9.61. The van der Waals surface area contributed by atoms with Crippen molar-refractivity contribution >= 4 is 11.3 Å². The molecule has 0 saturated carbocycles. The second-order valence-electron chi connectivity index (χ2n) is 3.81. The van der Waals surface area contributed by atoms with Crippen molar-refractivity contribution in [3.05, 3.63) is 40.3 Å². The first-order valence-electron chi connectivity index (χ1n) is 4.92. The summed E-state index contributed by atoms with van der Waals surface area (Å²) in [5.74, 6) is 0. The predicted octanol–water partition coefficient (Wildman–Crippen LogP) is 2.61. The second kappa shape index (κ2) is 4.16. The lowest BCUT2D eigenvalue weighted by molar-refractivity contribution is 0.220. The Morgan fingerprint density at radius 2 is 2.20 bits per heavy atom. The van der Waals surface area contributed by atoms with Crippen molar-refractivity contribution in [2.45, 2.75) is 26.0 Å². The molecular formula is C11H14N2OS. The lowest BCUT2D eigenvalue weighted by Crippen LogP contribution is -2.01. The standard InChI is InChI=1S/C11H14N2OS/c1-8(2)13-6-10(5-12-13)11(14)9-3-4-15-7-9/h3-8,11,14H,1-2H3. The number of rotatable bonds is 3. The summed E-state index contributed by atoms with van der Waals surface area (Å²) in [6.07, 6.45) is 3.07. The van der Waals surface area contributed by atoms with E-state index < -0.39 is 6.10 Å². The zero-order chi connectivity index (χ0) is 10.8. The molecular weight excluding hydrogens is 208 g/mol. The third-order valence-corrected chi connectivity index (χ3v) is 3.03. The van der Waals surface area contributed by atoms with Crippen LogP contribution in [0.15, 0.2) is 29.2 Å². The smallest absolute Gasteiger partial charge is 0.108 e. The SMILES string of the molecule is CC(C)n1cc(C(O)c2ccsc2)cn1. The Morgan fingerprint density at radius 3 is 2.73 bits per heavy atom. The average Bonchev–Trinajstić information content (AvgIpc) is 2.88. The van der Waals surface area contributed by atoms with Crippen LogP contribution in [0.1, 0.15) is 37.1 Å². The molecule has 15 heavy (non-hydrogen) atoms. The van der Waals surface area contributed by atoms with E-state index in [1.165, 1.54) is 0 Å². The molecule has 2 heterocycles. The van der Waals surface area contributed by atoms with Gasteiger partial charge >= 0.3 is 0 Å². The number of hydrogen-bond donors (Lipinski definition) is 1. The zero-order valence-electron chi connectivity index (χ0n) is 8.79. The van der Waals surface area contributed by atoms with Gasteiger partial charge in [-0.2, -0.15) is 16.4 Å². The Bertz CT molecular complexity index is 419. The normalized spacial score (nSPS) is 13.3. The molecule has 0 aromatic carbocycles. The van der Waals surface area contributed by atoms with Crippen LogP contribution < -0.4 is 0 Å². The Morgan fingerprint density at radius 1 is 1.40 bits per heavy atom. The van der Waals surface area contributed by atoms with Crippen LogP contribution in [0.4, 0.5) is 0 Å². The fraction of sp³-hybridized carbons (Fsp3) is 0.364. The summed E-state index contributed by atoms with van der Waals surface area (Å²) in [4.78, 5) is 0. The maximum Gasteiger partial charge on any atom is 0.108 e. The van der Waals surface area contributed by atoms with Gasteiger partial charge in [0.05, 0.1) is 6.20 Å². The number of aromatic nitrogens is 2. The summed E-state index contributed by atoms with van der Waals surface area (Å²) in [5, 5.41) is 18.2. The molecule has 0 aliphatic carbocycles. The van der Waals surface area contributed by atoms with Crippen molar-refractivity contribution in [1.29, 1.82) is 0 Å². The number of hydrogen-bond acceptors (Lipinski definition) is 3. The summed E-state index contributed by atoms with van der Waals surface area (Å²) in [5.41, 5.74) is 1.78. The quantitative estimate of drug-likeness (QED) is 0.866. The fourth-order valence-corrected chi connectivity index (χ4v) is 2.08. The van der Waals surface area contributed by atoms with Gasteiger partial charge in [-0.3, -0.25) is 4.68 Å². The van der Waals surface area contributed by atoms with Gasteiger partial charge in [0.1, 0.15) is 6.10 Å². The largest absolute Gasteiger partial charge is 0.384 e. The van der Waals surface area contributed by atoms with Crippen molar-refractivity contribution in [3.63, 3.8) is 0 Å². The van der Waals surface area contributed by atoms with Crippen LogP contribution in [0, 0.1) is 0 Å². The third-order valence-electron chi connectivity index (χ3n) is 2.33. The Kier molecular flexibility index (Phi) is 2.88. The van der Waals surface area contributed by atoms with E-state index in [2.05, 4.69) is 18.9 Å². The molecule has 2 aromatic rings. The first kappa shape index (κ1) is 10.4. The minimum atomic E-state index is -0.552. The van der Waals surface area contributed by atoms with Gasteiger partial charge in [-0.05, 0) is 36.2 Å². The summed E-state index contributed by atoms with van der Waals surface area (Å²) < 4.78 is 1.85. The molecule has 0 aliphatic heterocycles. The summed E-state index contributed by atoms with van der Waals surface area (Å²) in [6.45, 7) is 4.13. The van der Waals surface area contributed by atoms with E-state index in [-0.39, 0.29) is 0 Å². The highest BCUT2D eigenvalue weighted by Gasteiger charge is 2.13. The molecule has 3 nitrogen and oxygen atoms in total. The second-order valence-corrected chi connectivity index (χ2v) is 4.59. The molecule has 0 radical (unpaired) electrons. The maximum absolute atomic E-state index is 10.0. The van der Waals surface area contributed by atoms with Gasteiger partial charge in [-0.15, -0.1) is 0 Å². The van der Waals surface area contributed by atoms with E-state index in [0.717, 1.165) is 11.1 Å². The van der Waals surface area contributed by atoms with Gasteiger partial charge in [0.2, 0.25) is 0 Å². The van der Waals surface area contributed by atoms with E-state index in [9.17, 15) is 5.11 Å². The summed E-state index contributed by atoms with van der Waals surface area (Å²) in [7, 11) is 0. The van der Waals surface area contributed by atoms with Gasteiger partial charge in [0.15, 0.2) is 0 Å². The van der Waals surface area contributed by atoms with Gasteiger partial charge in [-0.25, -0.2) is 0 Å². The fourth-order valence-electron chi connectivity index (χ4n) is 1.40. The van der Waals surface area contributed by atoms with E-state index >= 15 is 0 Å². The monoisotopic (exact) mass is 222 g/mol. The van der Waals surface area contributed by atoms with Crippen molar-refractivity contribution in [2.24, 2.45) is 0 Å². The highest BCUT2D eigenvalue weighted by atomic mass is 32.1. The number of thiophene rings is 1.